The average molecular weight is 265 g/mol. The Labute approximate surface area is 107 Å². The van der Waals surface area contributed by atoms with Crippen molar-refractivity contribution in [2.45, 2.75) is 25.2 Å². The molecule has 0 bridgehead atoms. The molecule has 0 radical (unpaired) electrons. The lowest BCUT2D eigenvalue weighted by Gasteiger charge is -2.06. The van der Waals surface area contributed by atoms with E-state index in [1.54, 1.807) is 11.3 Å². The van der Waals surface area contributed by atoms with E-state index in [0.717, 1.165) is 33.3 Å². The molecule has 1 fully saturated rings. The Balaban J connectivity index is 2.06. The van der Waals surface area contributed by atoms with Gasteiger partial charge in [0.1, 0.15) is 10.4 Å². The van der Waals surface area contributed by atoms with Crippen LogP contribution >= 0.6 is 22.7 Å². The van der Waals surface area contributed by atoms with Gasteiger partial charge < -0.3 is 5.11 Å². The number of rotatable bonds is 3. The molecular weight excluding hydrogens is 254 g/mol. The number of hydrogen-bond acceptors (Lipinski definition) is 4. The van der Waals surface area contributed by atoms with Gasteiger partial charge in [0, 0.05) is 4.88 Å². The molecule has 1 saturated carbocycles. The van der Waals surface area contributed by atoms with Crippen molar-refractivity contribution < 1.29 is 9.90 Å². The van der Waals surface area contributed by atoms with Crippen LogP contribution in [0.3, 0.4) is 0 Å². The molecule has 0 unspecified atom stereocenters. The highest BCUT2D eigenvalue weighted by Crippen LogP contribution is 2.52. The first-order chi connectivity index (χ1) is 8.13. The first kappa shape index (κ1) is 10.9. The van der Waals surface area contributed by atoms with E-state index >= 15 is 0 Å². The Morgan fingerprint density at radius 3 is 2.82 bits per heavy atom. The van der Waals surface area contributed by atoms with Crippen molar-refractivity contribution in [1.29, 1.82) is 0 Å². The summed E-state index contributed by atoms with van der Waals surface area (Å²) in [7, 11) is 0. The van der Waals surface area contributed by atoms with E-state index in [1.165, 1.54) is 11.3 Å². The summed E-state index contributed by atoms with van der Waals surface area (Å²) >= 11 is 3.17. The van der Waals surface area contributed by atoms with E-state index in [1.807, 2.05) is 24.4 Å². The Morgan fingerprint density at radius 1 is 1.53 bits per heavy atom. The second-order valence-corrected chi connectivity index (χ2v) is 6.24. The molecule has 0 spiro atoms. The molecule has 2 heterocycles. The van der Waals surface area contributed by atoms with Gasteiger partial charge in [-0.2, -0.15) is 0 Å². The van der Waals surface area contributed by atoms with Crippen LogP contribution < -0.4 is 0 Å². The maximum Gasteiger partial charge on any atom is 0.315 e. The summed E-state index contributed by atoms with van der Waals surface area (Å²) in [6, 6.07) is 4.01. The molecule has 3 rings (SSSR count). The van der Waals surface area contributed by atoms with Crippen molar-refractivity contribution in [2.75, 3.05) is 0 Å². The van der Waals surface area contributed by atoms with E-state index in [9.17, 15) is 9.90 Å². The number of aryl methyl sites for hydroxylation is 1. The molecule has 88 valence electrons. The smallest absolute Gasteiger partial charge is 0.315 e. The molecule has 0 aliphatic heterocycles. The van der Waals surface area contributed by atoms with Gasteiger partial charge in [0.25, 0.3) is 0 Å². The van der Waals surface area contributed by atoms with Crippen LogP contribution in [0.5, 0.6) is 0 Å². The van der Waals surface area contributed by atoms with E-state index in [-0.39, 0.29) is 0 Å². The average Bonchev–Trinajstić information content (AvgIpc) is 2.74. The lowest BCUT2D eigenvalue weighted by atomic mass is 10.0. The summed E-state index contributed by atoms with van der Waals surface area (Å²) in [5.74, 6) is -0.707. The van der Waals surface area contributed by atoms with Crippen molar-refractivity contribution in [3.05, 3.63) is 28.1 Å². The van der Waals surface area contributed by atoms with Gasteiger partial charge in [-0.05, 0) is 31.2 Å². The van der Waals surface area contributed by atoms with Gasteiger partial charge >= 0.3 is 5.97 Å². The monoisotopic (exact) mass is 265 g/mol. The van der Waals surface area contributed by atoms with Gasteiger partial charge in [0.2, 0.25) is 0 Å². The molecule has 17 heavy (non-hydrogen) atoms. The molecule has 2 aromatic rings. The van der Waals surface area contributed by atoms with Gasteiger partial charge in [-0.15, -0.1) is 22.7 Å². The zero-order valence-electron chi connectivity index (χ0n) is 9.27. The Bertz CT molecular complexity index is 567. The number of carboxylic acids is 1. The predicted molar refractivity (Wildman–Crippen MR) is 68.7 cm³/mol. The van der Waals surface area contributed by atoms with Crippen LogP contribution in [0.4, 0.5) is 0 Å². The molecule has 5 heteroatoms. The highest BCUT2D eigenvalue weighted by atomic mass is 32.1. The van der Waals surface area contributed by atoms with Crippen molar-refractivity contribution >= 4 is 28.6 Å². The normalized spacial score (nSPS) is 17.0. The van der Waals surface area contributed by atoms with Gasteiger partial charge in [-0.25, -0.2) is 4.98 Å². The third kappa shape index (κ3) is 1.61. The lowest BCUT2D eigenvalue weighted by molar-refractivity contribution is -0.139. The van der Waals surface area contributed by atoms with Gasteiger partial charge in [-0.3, -0.25) is 4.79 Å². The molecule has 0 saturated heterocycles. The first-order valence-electron chi connectivity index (χ1n) is 5.39. The summed E-state index contributed by atoms with van der Waals surface area (Å²) in [6.45, 7) is 1.91. The van der Waals surface area contributed by atoms with Crippen LogP contribution in [0, 0.1) is 6.92 Å². The quantitative estimate of drug-likeness (QED) is 0.926. The van der Waals surface area contributed by atoms with Crippen LogP contribution in [0.25, 0.3) is 9.88 Å². The molecule has 0 atom stereocenters. The fraction of sp³-hybridized carbons (Fsp3) is 0.333. The lowest BCUT2D eigenvalue weighted by Crippen LogP contribution is -2.18. The van der Waals surface area contributed by atoms with Gasteiger partial charge in [0.15, 0.2) is 0 Å². The van der Waals surface area contributed by atoms with Crippen LogP contribution in [-0.2, 0) is 10.2 Å². The number of hydrogen-bond donors (Lipinski definition) is 1. The summed E-state index contributed by atoms with van der Waals surface area (Å²) in [6.07, 6.45) is 1.49. The van der Waals surface area contributed by atoms with Crippen molar-refractivity contribution in [3.63, 3.8) is 0 Å². The second kappa shape index (κ2) is 3.65. The summed E-state index contributed by atoms with van der Waals surface area (Å²) in [5, 5.41) is 12.3. The zero-order valence-corrected chi connectivity index (χ0v) is 10.9. The topological polar surface area (TPSA) is 50.2 Å². The number of aliphatic carboxylic acids is 1. The predicted octanol–water partition coefficient (Wildman–Crippen LogP) is 3.30. The second-order valence-electron chi connectivity index (χ2n) is 4.30. The van der Waals surface area contributed by atoms with Crippen LogP contribution in [0.2, 0.25) is 0 Å². The SMILES string of the molecule is Cc1nc(-c2cccs2)sc1C1(C(=O)O)CC1. The minimum absolute atomic E-state index is 0.628. The first-order valence-corrected chi connectivity index (χ1v) is 7.08. The third-order valence-corrected chi connectivity index (χ3v) is 5.52. The van der Waals surface area contributed by atoms with Crippen molar-refractivity contribution in [3.8, 4) is 9.88 Å². The van der Waals surface area contributed by atoms with Crippen LogP contribution in [-0.4, -0.2) is 16.1 Å². The van der Waals surface area contributed by atoms with Gasteiger partial charge in [0.05, 0.1) is 10.6 Å². The molecule has 1 N–H and O–H groups in total. The fourth-order valence-electron chi connectivity index (χ4n) is 2.01. The van der Waals surface area contributed by atoms with E-state index in [2.05, 4.69) is 4.98 Å². The summed E-state index contributed by atoms with van der Waals surface area (Å²) < 4.78 is 0. The molecule has 2 aromatic heterocycles. The van der Waals surface area contributed by atoms with Crippen LogP contribution in [0.1, 0.15) is 23.4 Å². The van der Waals surface area contributed by atoms with Crippen LogP contribution in [0.15, 0.2) is 17.5 Å². The molecule has 1 aliphatic rings. The molecule has 1 aliphatic carbocycles. The Kier molecular flexibility index (Phi) is 2.34. The summed E-state index contributed by atoms with van der Waals surface area (Å²) in [5.41, 5.74) is 0.246. The number of aromatic nitrogens is 1. The standard InChI is InChI=1S/C12H11NO2S2/c1-7-9(12(4-5-12)11(14)15)17-10(13-7)8-3-2-6-16-8/h2-3,6H,4-5H2,1H3,(H,14,15). The fourth-order valence-corrected chi connectivity index (χ4v) is 4.11. The molecule has 3 nitrogen and oxygen atoms in total. The Morgan fingerprint density at radius 2 is 2.29 bits per heavy atom. The highest BCUT2D eigenvalue weighted by molar-refractivity contribution is 7.21. The van der Waals surface area contributed by atoms with Crippen molar-refractivity contribution in [1.82, 2.24) is 4.98 Å². The molecular formula is C12H11NO2S2. The number of thiophene rings is 1. The van der Waals surface area contributed by atoms with Crippen molar-refractivity contribution in [2.24, 2.45) is 0 Å². The van der Waals surface area contributed by atoms with Gasteiger partial charge in [-0.1, -0.05) is 6.07 Å². The maximum atomic E-state index is 11.3. The minimum atomic E-state index is -0.707. The summed E-state index contributed by atoms with van der Waals surface area (Å²) in [4.78, 5) is 17.9. The highest BCUT2D eigenvalue weighted by Gasteiger charge is 2.54. The molecule has 0 amide bonds. The van der Waals surface area contributed by atoms with E-state index in [0.29, 0.717) is 0 Å². The number of carboxylic acid groups (broad SMARTS) is 1. The van der Waals surface area contributed by atoms with E-state index in [4.69, 9.17) is 0 Å². The third-order valence-electron chi connectivity index (χ3n) is 3.12. The van der Waals surface area contributed by atoms with E-state index < -0.39 is 11.4 Å². The maximum absolute atomic E-state index is 11.3. The Hall–Kier alpha value is -1.20. The number of thiazole rings is 1. The number of nitrogens with zero attached hydrogens (tertiary/aromatic N) is 1. The zero-order chi connectivity index (χ0) is 12.0. The number of carbonyl (C=O) groups is 1. The molecule has 0 aromatic carbocycles. The minimum Gasteiger partial charge on any atom is -0.481 e. The largest absolute Gasteiger partial charge is 0.481 e.